The fraction of sp³-hybridized carbons (Fsp3) is 0.474. The Balaban J connectivity index is 0.000000300. The highest BCUT2D eigenvalue weighted by Gasteiger charge is 2.27. The number of carboxylic acids is 2. The third-order valence-corrected chi connectivity index (χ3v) is 4.44. The maximum atomic E-state index is 12.2. The molecule has 2 aliphatic rings. The summed E-state index contributed by atoms with van der Waals surface area (Å²) in [4.78, 5) is 39.8. The molecule has 1 saturated heterocycles. The first-order chi connectivity index (χ1) is 13.4. The van der Waals surface area contributed by atoms with Crippen molar-refractivity contribution in [1.29, 1.82) is 0 Å². The van der Waals surface area contributed by atoms with Crippen LogP contribution in [-0.2, 0) is 9.59 Å². The lowest BCUT2D eigenvalue weighted by molar-refractivity contribution is -0.134. The molecule has 0 radical (unpaired) electrons. The van der Waals surface area contributed by atoms with Gasteiger partial charge >= 0.3 is 11.9 Å². The van der Waals surface area contributed by atoms with Gasteiger partial charge in [-0.3, -0.25) is 4.79 Å². The van der Waals surface area contributed by atoms with Gasteiger partial charge in [-0.05, 0) is 44.5 Å². The van der Waals surface area contributed by atoms with Crippen molar-refractivity contribution >= 4 is 17.8 Å². The van der Waals surface area contributed by atoms with E-state index in [9.17, 15) is 14.4 Å². The SMILES string of the molecule is CN1CC(CCN2CCCC2)Oc2ncccc2C1=O.O=C(O)/C=C/C(=O)O. The number of rotatable bonds is 5. The van der Waals surface area contributed by atoms with Gasteiger partial charge in [-0.15, -0.1) is 0 Å². The summed E-state index contributed by atoms with van der Waals surface area (Å²) in [5.74, 6) is -2.04. The second kappa shape index (κ2) is 10.4. The van der Waals surface area contributed by atoms with E-state index >= 15 is 0 Å². The molecule has 1 fully saturated rings. The predicted octanol–water partition coefficient (Wildman–Crippen LogP) is 1.11. The number of amides is 1. The van der Waals surface area contributed by atoms with E-state index < -0.39 is 11.9 Å². The number of pyridine rings is 1. The van der Waals surface area contributed by atoms with Crippen LogP contribution in [0.1, 0.15) is 29.6 Å². The van der Waals surface area contributed by atoms with Crippen LogP contribution in [0.4, 0.5) is 0 Å². The zero-order chi connectivity index (χ0) is 20.5. The number of hydrogen-bond donors (Lipinski definition) is 2. The van der Waals surface area contributed by atoms with Crippen molar-refractivity contribution in [3.63, 3.8) is 0 Å². The summed E-state index contributed by atoms with van der Waals surface area (Å²) < 4.78 is 5.96. The van der Waals surface area contributed by atoms with E-state index in [1.807, 2.05) is 7.05 Å². The number of carboxylic acid groups (broad SMARTS) is 2. The molecular formula is C19H25N3O6. The largest absolute Gasteiger partial charge is 0.478 e. The van der Waals surface area contributed by atoms with Gasteiger partial charge in [0, 0.05) is 31.9 Å². The predicted molar refractivity (Wildman–Crippen MR) is 100 cm³/mol. The minimum atomic E-state index is -1.26. The Morgan fingerprint density at radius 2 is 1.89 bits per heavy atom. The molecule has 9 heteroatoms. The molecule has 28 heavy (non-hydrogen) atoms. The monoisotopic (exact) mass is 391 g/mol. The van der Waals surface area contributed by atoms with E-state index in [4.69, 9.17) is 14.9 Å². The summed E-state index contributed by atoms with van der Waals surface area (Å²) in [6.07, 6.45) is 6.36. The maximum absolute atomic E-state index is 12.2. The number of carbonyl (C=O) groups excluding carboxylic acids is 1. The molecule has 2 aliphatic heterocycles. The van der Waals surface area contributed by atoms with Gasteiger partial charge in [-0.1, -0.05) is 0 Å². The normalized spacial score (nSPS) is 19.4. The standard InChI is InChI=1S/C15H21N3O2.C4H4O4/c1-17-11-12(6-10-18-8-2-3-9-18)20-14-13(15(17)19)5-4-7-16-14;5-3(6)1-2-4(7)8/h4-5,7,12H,2-3,6,8-11H2,1H3;1-2H,(H,5,6)(H,7,8)/b;2-1+. The van der Waals surface area contributed by atoms with E-state index in [0.29, 0.717) is 30.1 Å². The first kappa shape index (κ1) is 21.4. The lowest BCUT2D eigenvalue weighted by Gasteiger charge is -2.22. The Morgan fingerprint density at radius 1 is 1.25 bits per heavy atom. The van der Waals surface area contributed by atoms with Crippen molar-refractivity contribution in [1.82, 2.24) is 14.8 Å². The third kappa shape index (κ3) is 6.66. The van der Waals surface area contributed by atoms with Gasteiger partial charge in [0.05, 0.1) is 6.54 Å². The van der Waals surface area contributed by atoms with E-state index in [0.717, 1.165) is 13.0 Å². The van der Waals surface area contributed by atoms with Crippen molar-refractivity contribution in [2.45, 2.75) is 25.4 Å². The Hall–Kier alpha value is -2.94. The maximum Gasteiger partial charge on any atom is 0.328 e. The second-order valence-electron chi connectivity index (χ2n) is 6.63. The highest BCUT2D eigenvalue weighted by atomic mass is 16.5. The number of likely N-dealkylation sites (tertiary alicyclic amines) is 1. The summed E-state index contributed by atoms with van der Waals surface area (Å²) in [5, 5.41) is 15.6. The average Bonchev–Trinajstić information content (AvgIpc) is 3.14. The van der Waals surface area contributed by atoms with Crippen LogP contribution in [0, 0.1) is 0 Å². The molecule has 9 nitrogen and oxygen atoms in total. The average molecular weight is 391 g/mol. The fourth-order valence-electron chi connectivity index (χ4n) is 3.06. The summed E-state index contributed by atoms with van der Waals surface area (Å²) in [6.45, 7) is 4.05. The number of carbonyl (C=O) groups is 3. The molecule has 0 aliphatic carbocycles. The number of aliphatic carboxylic acids is 2. The molecule has 1 aromatic rings. The summed E-state index contributed by atoms with van der Waals surface area (Å²) in [7, 11) is 1.83. The van der Waals surface area contributed by atoms with Crippen LogP contribution in [0.5, 0.6) is 5.88 Å². The highest BCUT2D eigenvalue weighted by Crippen LogP contribution is 2.23. The van der Waals surface area contributed by atoms with Crippen LogP contribution < -0.4 is 4.74 Å². The number of hydrogen-bond acceptors (Lipinski definition) is 6. The smallest absolute Gasteiger partial charge is 0.328 e. The van der Waals surface area contributed by atoms with Gasteiger partial charge in [-0.2, -0.15) is 0 Å². The number of aromatic nitrogens is 1. The Kier molecular flexibility index (Phi) is 7.94. The van der Waals surface area contributed by atoms with Gasteiger partial charge in [0.25, 0.3) is 5.91 Å². The third-order valence-electron chi connectivity index (χ3n) is 4.44. The second-order valence-corrected chi connectivity index (χ2v) is 6.63. The van der Waals surface area contributed by atoms with Crippen LogP contribution in [0.3, 0.4) is 0 Å². The van der Waals surface area contributed by atoms with Crippen LogP contribution in [0.15, 0.2) is 30.5 Å². The summed E-state index contributed by atoms with van der Waals surface area (Å²) >= 11 is 0. The molecule has 1 aromatic heterocycles. The Labute approximate surface area is 163 Å². The highest BCUT2D eigenvalue weighted by molar-refractivity contribution is 5.96. The van der Waals surface area contributed by atoms with E-state index in [2.05, 4.69) is 9.88 Å². The van der Waals surface area contributed by atoms with Gasteiger partial charge < -0.3 is 24.7 Å². The molecule has 3 heterocycles. The molecule has 2 N–H and O–H groups in total. The molecule has 3 rings (SSSR count). The minimum absolute atomic E-state index is 0.00299. The van der Waals surface area contributed by atoms with Crippen molar-refractivity contribution in [2.24, 2.45) is 0 Å². The van der Waals surface area contributed by atoms with Crippen molar-refractivity contribution in [3.05, 3.63) is 36.0 Å². The summed E-state index contributed by atoms with van der Waals surface area (Å²) in [6, 6.07) is 3.56. The first-order valence-electron chi connectivity index (χ1n) is 9.10. The van der Waals surface area contributed by atoms with Crippen LogP contribution >= 0.6 is 0 Å². The van der Waals surface area contributed by atoms with E-state index in [1.54, 1.807) is 23.2 Å². The van der Waals surface area contributed by atoms with Crippen molar-refractivity contribution in [2.75, 3.05) is 33.2 Å². The number of ether oxygens (including phenoxy) is 1. The lowest BCUT2D eigenvalue weighted by atomic mass is 10.2. The molecule has 1 unspecified atom stereocenters. The van der Waals surface area contributed by atoms with E-state index in [-0.39, 0.29) is 12.0 Å². The summed E-state index contributed by atoms with van der Waals surface area (Å²) in [5.41, 5.74) is 0.568. The van der Waals surface area contributed by atoms with Gasteiger partial charge in [-0.25, -0.2) is 14.6 Å². The molecule has 0 aromatic carbocycles. The number of likely N-dealkylation sites (N-methyl/N-ethyl adjacent to an activating group) is 1. The molecule has 152 valence electrons. The molecule has 0 bridgehead atoms. The quantitative estimate of drug-likeness (QED) is 0.716. The zero-order valence-corrected chi connectivity index (χ0v) is 15.8. The lowest BCUT2D eigenvalue weighted by Crippen LogP contribution is -2.36. The van der Waals surface area contributed by atoms with Crippen molar-refractivity contribution < 1.29 is 29.3 Å². The van der Waals surface area contributed by atoms with Crippen LogP contribution in [0.25, 0.3) is 0 Å². The minimum Gasteiger partial charge on any atom is -0.478 e. The molecular weight excluding hydrogens is 366 g/mol. The topological polar surface area (TPSA) is 120 Å². The number of fused-ring (bicyclic) bond motifs is 1. The van der Waals surface area contributed by atoms with Crippen molar-refractivity contribution in [3.8, 4) is 5.88 Å². The van der Waals surface area contributed by atoms with Gasteiger partial charge in [0.1, 0.15) is 11.7 Å². The van der Waals surface area contributed by atoms with Crippen LogP contribution in [-0.4, -0.2) is 82.2 Å². The molecule has 1 atom stereocenters. The first-order valence-corrected chi connectivity index (χ1v) is 9.10. The van der Waals surface area contributed by atoms with Gasteiger partial charge in [0.15, 0.2) is 0 Å². The van der Waals surface area contributed by atoms with E-state index in [1.165, 1.54) is 25.9 Å². The molecule has 0 spiro atoms. The Morgan fingerprint density at radius 3 is 2.50 bits per heavy atom. The number of nitrogens with zero attached hydrogens (tertiary/aromatic N) is 3. The Bertz CT molecular complexity index is 714. The molecule has 1 amide bonds. The van der Waals surface area contributed by atoms with Crippen LogP contribution in [0.2, 0.25) is 0 Å². The van der Waals surface area contributed by atoms with Gasteiger partial charge in [0.2, 0.25) is 5.88 Å². The molecule has 0 saturated carbocycles. The fourth-order valence-corrected chi connectivity index (χ4v) is 3.06. The zero-order valence-electron chi connectivity index (χ0n) is 15.8.